The molecule has 37 heavy (non-hydrogen) atoms. The maximum Gasteiger partial charge on any atom is 0.338 e. The van der Waals surface area contributed by atoms with E-state index in [0.29, 0.717) is 31.9 Å². The molecule has 1 atom stereocenters. The summed E-state index contributed by atoms with van der Waals surface area (Å²) in [6.45, 7) is 1.91. The average Bonchev–Trinajstić information content (AvgIpc) is 3.24. The molecule has 1 aromatic heterocycles. The molecule has 0 unspecified atom stereocenters. The molecule has 3 aromatic carbocycles. The predicted molar refractivity (Wildman–Crippen MR) is 142 cm³/mol. The molecule has 2 heterocycles. The van der Waals surface area contributed by atoms with Crippen LogP contribution in [0.2, 0.25) is 0 Å². The first-order chi connectivity index (χ1) is 18.0. The van der Waals surface area contributed by atoms with Gasteiger partial charge >= 0.3 is 5.97 Å². The molecule has 0 saturated heterocycles. The summed E-state index contributed by atoms with van der Waals surface area (Å²) in [5.41, 5.74) is 2.31. The number of hydrogen-bond acceptors (Lipinski definition) is 7. The molecule has 1 aliphatic rings. The monoisotopic (exact) mass is 512 g/mol. The van der Waals surface area contributed by atoms with Gasteiger partial charge in [-0.1, -0.05) is 72.0 Å². The van der Waals surface area contributed by atoms with Crippen molar-refractivity contribution in [2.45, 2.75) is 13.0 Å². The van der Waals surface area contributed by atoms with Crippen molar-refractivity contribution in [3.8, 4) is 11.5 Å². The summed E-state index contributed by atoms with van der Waals surface area (Å²) in [4.78, 5) is 32.5. The highest BCUT2D eigenvalue weighted by atomic mass is 32.1. The van der Waals surface area contributed by atoms with E-state index in [4.69, 9.17) is 14.5 Å². The van der Waals surface area contributed by atoms with E-state index in [2.05, 4.69) is 0 Å². The molecule has 5 rings (SSSR count). The van der Waals surface area contributed by atoms with Gasteiger partial charge in [-0.25, -0.2) is 9.79 Å². The van der Waals surface area contributed by atoms with Crippen LogP contribution in [0, 0.1) is 0 Å². The second-order valence-corrected chi connectivity index (χ2v) is 9.28. The fourth-order valence-electron chi connectivity index (χ4n) is 4.32. The second-order valence-electron chi connectivity index (χ2n) is 8.27. The van der Waals surface area contributed by atoms with Crippen molar-refractivity contribution in [2.24, 2.45) is 4.99 Å². The molecule has 0 radical (unpaired) electrons. The lowest BCUT2D eigenvalue weighted by atomic mass is 9.93. The first-order valence-corrected chi connectivity index (χ1v) is 12.5. The Morgan fingerprint density at radius 1 is 1.08 bits per heavy atom. The normalized spacial score (nSPS) is 15.2. The van der Waals surface area contributed by atoms with E-state index in [1.807, 2.05) is 42.5 Å². The van der Waals surface area contributed by atoms with Crippen LogP contribution in [0.25, 0.3) is 11.8 Å². The van der Waals surface area contributed by atoms with Crippen LogP contribution in [-0.2, 0) is 9.53 Å². The van der Waals surface area contributed by atoms with Gasteiger partial charge in [-0.15, -0.1) is 0 Å². The predicted octanol–water partition coefficient (Wildman–Crippen LogP) is 3.65. The van der Waals surface area contributed by atoms with Gasteiger partial charge < -0.3 is 14.6 Å². The highest BCUT2D eigenvalue weighted by molar-refractivity contribution is 7.07. The van der Waals surface area contributed by atoms with Crippen molar-refractivity contribution < 1.29 is 19.4 Å². The number of rotatable bonds is 6. The molecule has 186 valence electrons. The van der Waals surface area contributed by atoms with Crippen LogP contribution in [0.4, 0.5) is 0 Å². The summed E-state index contributed by atoms with van der Waals surface area (Å²) in [6.07, 6.45) is 1.64. The Kier molecular flexibility index (Phi) is 6.74. The average molecular weight is 513 g/mol. The Labute approximate surface area is 216 Å². The molecule has 0 spiro atoms. The van der Waals surface area contributed by atoms with E-state index in [-0.39, 0.29) is 23.5 Å². The van der Waals surface area contributed by atoms with E-state index in [0.717, 1.165) is 5.56 Å². The van der Waals surface area contributed by atoms with Gasteiger partial charge in [-0.05, 0) is 36.8 Å². The van der Waals surface area contributed by atoms with Crippen LogP contribution < -0.4 is 19.6 Å². The molecule has 4 aromatic rings. The number of ether oxygens (including phenoxy) is 2. The largest absolute Gasteiger partial charge is 0.507 e. The first-order valence-electron chi connectivity index (χ1n) is 11.7. The minimum Gasteiger partial charge on any atom is -0.507 e. The van der Waals surface area contributed by atoms with Crippen LogP contribution in [0.3, 0.4) is 0 Å². The van der Waals surface area contributed by atoms with Gasteiger partial charge in [0.2, 0.25) is 0 Å². The number of aromatic hydroxyl groups is 1. The number of para-hydroxylation sites is 1. The number of fused-ring (bicyclic) bond motifs is 1. The number of hydrogen-bond donors (Lipinski definition) is 1. The summed E-state index contributed by atoms with van der Waals surface area (Å²) >= 11 is 1.20. The van der Waals surface area contributed by atoms with E-state index < -0.39 is 12.0 Å². The van der Waals surface area contributed by atoms with Crippen molar-refractivity contribution >= 4 is 29.1 Å². The zero-order valence-electron chi connectivity index (χ0n) is 20.3. The van der Waals surface area contributed by atoms with Crippen molar-refractivity contribution in [3.05, 3.63) is 121 Å². The number of nitrogens with zero attached hydrogens (tertiary/aromatic N) is 2. The van der Waals surface area contributed by atoms with Gasteiger partial charge in [0.05, 0.1) is 35.6 Å². The van der Waals surface area contributed by atoms with Gasteiger partial charge in [0, 0.05) is 11.1 Å². The van der Waals surface area contributed by atoms with Gasteiger partial charge in [0.15, 0.2) is 4.80 Å². The number of carbonyl (C=O) groups excluding carboxylic acids is 1. The van der Waals surface area contributed by atoms with Crippen LogP contribution in [0.5, 0.6) is 11.5 Å². The lowest BCUT2D eigenvalue weighted by molar-refractivity contribution is -0.138. The number of esters is 1. The Morgan fingerprint density at radius 2 is 1.84 bits per heavy atom. The van der Waals surface area contributed by atoms with Gasteiger partial charge in [0.1, 0.15) is 11.5 Å². The zero-order chi connectivity index (χ0) is 25.9. The standard InChI is InChI=1S/C29H24N2O5S/c1-3-36-28(34)24-25(18-10-5-4-6-11-18)30-29-31(26(24)20-13-9-14-21(16-20)35-2)27(33)23(37-29)17-19-12-7-8-15-22(19)32/h4-17,26,32H,3H2,1-2H3/b23-17+/t26-/m0/s1. The Balaban J connectivity index is 1.85. The fraction of sp³-hybridized carbons (Fsp3) is 0.138. The van der Waals surface area contributed by atoms with Crippen molar-refractivity contribution in [1.82, 2.24) is 4.57 Å². The summed E-state index contributed by atoms with van der Waals surface area (Å²) < 4.78 is 12.8. The van der Waals surface area contributed by atoms with Gasteiger partial charge in [-0.2, -0.15) is 0 Å². The van der Waals surface area contributed by atoms with Gasteiger partial charge in [-0.3, -0.25) is 9.36 Å². The summed E-state index contributed by atoms with van der Waals surface area (Å²) in [6, 6.07) is 22.6. The van der Waals surface area contributed by atoms with Crippen molar-refractivity contribution in [1.29, 1.82) is 0 Å². The van der Waals surface area contributed by atoms with Crippen LogP contribution in [-0.4, -0.2) is 29.4 Å². The number of aromatic nitrogens is 1. The molecular formula is C29H24N2O5S. The topological polar surface area (TPSA) is 90.1 Å². The molecule has 0 amide bonds. The highest BCUT2D eigenvalue weighted by Gasteiger charge is 2.35. The Morgan fingerprint density at radius 3 is 2.57 bits per heavy atom. The van der Waals surface area contributed by atoms with Crippen LogP contribution >= 0.6 is 11.3 Å². The van der Waals surface area contributed by atoms with Crippen LogP contribution in [0.15, 0.2) is 94.2 Å². The minimum atomic E-state index is -0.799. The molecule has 0 aliphatic carbocycles. The second kappa shape index (κ2) is 10.3. The number of thiazole rings is 1. The van der Waals surface area contributed by atoms with E-state index in [1.54, 1.807) is 56.5 Å². The molecule has 8 heteroatoms. The summed E-state index contributed by atoms with van der Waals surface area (Å²) in [7, 11) is 1.56. The van der Waals surface area contributed by atoms with Gasteiger partial charge in [0.25, 0.3) is 5.56 Å². The highest BCUT2D eigenvalue weighted by Crippen LogP contribution is 2.36. The quantitative estimate of drug-likeness (QED) is 0.399. The third-order valence-electron chi connectivity index (χ3n) is 6.01. The van der Waals surface area contributed by atoms with Crippen molar-refractivity contribution in [3.63, 3.8) is 0 Å². The number of phenolic OH excluding ortho intramolecular Hbond substituents is 1. The number of benzene rings is 3. The lowest BCUT2D eigenvalue weighted by Gasteiger charge is -2.26. The Hall–Kier alpha value is -4.43. The molecule has 0 bridgehead atoms. The maximum absolute atomic E-state index is 13.8. The third-order valence-corrected chi connectivity index (χ3v) is 6.99. The van der Waals surface area contributed by atoms with Crippen molar-refractivity contribution in [2.75, 3.05) is 13.7 Å². The molecular weight excluding hydrogens is 488 g/mol. The summed E-state index contributed by atoms with van der Waals surface area (Å²) in [5, 5.41) is 10.3. The smallest absolute Gasteiger partial charge is 0.338 e. The number of phenols is 1. The molecule has 1 N–H and O–H groups in total. The SMILES string of the molecule is CCOC(=O)C1=C(c2ccccc2)N=c2s/c(=C/c3ccccc3O)c(=O)n2[C@H]1c1cccc(OC)c1. The third kappa shape index (κ3) is 4.59. The molecule has 7 nitrogen and oxygen atoms in total. The Bertz CT molecular complexity index is 1690. The first kappa shape index (κ1) is 24.3. The fourth-order valence-corrected chi connectivity index (χ4v) is 5.31. The lowest BCUT2D eigenvalue weighted by Crippen LogP contribution is -2.40. The molecule has 1 aliphatic heterocycles. The zero-order valence-corrected chi connectivity index (χ0v) is 21.1. The minimum absolute atomic E-state index is 0.0647. The maximum atomic E-state index is 13.8. The molecule has 0 fully saturated rings. The number of methoxy groups -OCH3 is 1. The number of carbonyl (C=O) groups is 1. The van der Waals surface area contributed by atoms with E-state index in [9.17, 15) is 14.7 Å². The summed E-state index contributed by atoms with van der Waals surface area (Å²) in [5.74, 6) is 0.109. The van der Waals surface area contributed by atoms with E-state index in [1.165, 1.54) is 15.9 Å². The van der Waals surface area contributed by atoms with Crippen LogP contribution in [0.1, 0.15) is 29.7 Å². The van der Waals surface area contributed by atoms with E-state index >= 15 is 0 Å². The molecule has 0 saturated carbocycles.